The van der Waals surface area contributed by atoms with E-state index in [9.17, 15) is 0 Å². The monoisotopic (exact) mass is 418 g/mol. The Hall–Kier alpha value is -0.110. The second-order valence-electron chi connectivity index (χ2n) is 3.15. The predicted octanol–water partition coefficient (Wildman–Crippen LogP) is -2.72. The van der Waals surface area contributed by atoms with E-state index in [1.54, 1.807) is 0 Å². The molecule has 0 nitrogen and oxygen atoms in total. The molecule has 0 spiro atoms. The third-order valence-corrected chi connectivity index (χ3v) is 2.09. The van der Waals surface area contributed by atoms with Gasteiger partial charge in [-0.25, -0.2) is 0 Å². The first-order valence-electron chi connectivity index (χ1n) is 4.53. The number of halogens is 2. The van der Waals surface area contributed by atoms with Crippen molar-refractivity contribution in [1.82, 2.24) is 0 Å². The zero-order valence-corrected chi connectivity index (χ0v) is 13.8. The standard InChI is InChI=1S/C13H12.2ClH.Hf/c1-3-7-12(8-4-1)11-13-9-5-2-6-10-13;;;/h1-10H,11H2;2*1H;/q;;;+2/p-2. The molecule has 0 atom stereocenters. The van der Waals surface area contributed by atoms with E-state index in [1.807, 2.05) is 0 Å². The Morgan fingerprint density at radius 1 is 0.562 bits per heavy atom. The van der Waals surface area contributed by atoms with Crippen molar-refractivity contribution >= 4 is 0 Å². The average Bonchev–Trinajstić information content (AvgIpc) is 2.21. The molecule has 0 saturated carbocycles. The van der Waals surface area contributed by atoms with Gasteiger partial charge in [-0.15, -0.1) is 0 Å². The zero-order valence-electron chi connectivity index (χ0n) is 8.74. The van der Waals surface area contributed by atoms with Crippen LogP contribution in [-0.4, -0.2) is 0 Å². The van der Waals surface area contributed by atoms with Crippen molar-refractivity contribution in [3.8, 4) is 0 Å². The van der Waals surface area contributed by atoms with Crippen LogP contribution in [0.25, 0.3) is 0 Å². The van der Waals surface area contributed by atoms with Crippen molar-refractivity contribution < 1.29 is 50.7 Å². The molecule has 3 heteroatoms. The summed E-state index contributed by atoms with van der Waals surface area (Å²) in [6, 6.07) is 21.1. The second-order valence-corrected chi connectivity index (χ2v) is 3.15. The van der Waals surface area contributed by atoms with Gasteiger partial charge in [-0.3, -0.25) is 0 Å². The summed E-state index contributed by atoms with van der Waals surface area (Å²) in [6.07, 6.45) is 1.03. The van der Waals surface area contributed by atoms with Gasteiger partial charge in [0.1, 0.15) is 0 Å². The second kappa shape index (κ2) is 10.1. The van der Waals surface area contributed by atoms with Crippen LogP contribution in [0.15, 0.2) is 60.7 Å². The molecule has 0 aliphatic rings. The van der Waals surface area contributed by atoms with Crippen LogP contribution >= 0.6 is 0 Å². The molecule has 0 aromatic heterocycles. The van der Waals surface area contributed by atoms with Gasteiger partial charge in [0, 0.05) is 0 Å². The molecule has 0 bridgehead atoms. The summed E-state index contributed by atoms with van der Waals surface area (Å²) >= 11 is 0. The minimum Gasteiger partial charge on any atom is -1.00 e. The summed E-state index contributed by atoms with van der Waals surface area (Å²) in [5.41, 5.74) is 2.74. The molecule has 0 aliphatic heterocycles. The summed E-state index contributed by atoms with van der Waals surface area (Å²) < 4.78 is 0. The fourth-order valence-corrected chi connectivity index (χ4v) is 1.43. The van der Waals surface area contributed by atoms with Crippen LogP contribution < -0.4 is 24.8 Å². The maximum absolute atomic E-state index is 2.16. The molecule has 0 radical (unpaired) electrons. The van der Waals surface area contributed by atoms with Gasteiger partial charge in [0.2, 0.25) is 0 Å². The summed E-state index contributed by atoms with van der Waals surface area (Å²) in [6.45, 7) is 0. The minimum absolute atomic E-state index is 0. The number of hydrogen-bond acceptors (Lipinski definition) is 0. The van der Waals surface area contributed by atoms with Gasteiger partial charge < -0.3 is 24.8 Å². The average molecular weight is 418 g/mol. The predicted molar refractivity (Wildman–Crippen MR) is 55.7 cm³/mol. The molecular formula is C13H12Cl2Hf. The molecule has 2 rings (SSSR count). The van der Waals surface area contributed by atoms with Crippen LogP contribution in [0, 0.1) is 0 Å². The zero-order chi connectivity index (χ0) is 8.93. The SMILES string of the molecule is [Cl-].[Cl-].[Hf+2].c1ccc(Cc2ccccc2)cc1. The van der Waals surface area contributed by atoms with Gasteiger partial charge in [-0.1, -0.05) is 60.7 Å². The fourth-order valence-electron chi connectivity index (χ4n) is 1.43. The van der Waals surface area contributed by atoms with Gasteiger partial charge in [0.25, 0.3) is 0 Å². The Labute approximate surface area is 128 Å². The van der Waals surface area contributed by atoms with Crippen LogP contribution in [0.1, 0.15) is 11.1 Å². The number of hydrogen-bond donors (Lipinski definition) is 0. The molecule has 0 N–H and O–H groups in total. The maximum Gasteiger partial charge on any atom is 2.00 e. The Morgan fingerprint density at radius 2 is 0.875 bits per heavy atom. The van der Waals surface area contributed by atoms with Crippen molar-refractivity contribution in [2.75, 3.05) is 0 Å². The van der Waals surface area contributed by atoms with E-state index in [-0.39, 0.29) is 50.7 Å². The Morgan fingerprint density at radius 3 is 1.19 bits per heavy atom. The van der Waals surface area contributed by atoms with Crippen LogP contribution in [0.5, 0.6) is 0 Å². The molecule has 82 valence electrons. The molecule has 0 heterocycles. The normalized spacial score (nSPS) is 8.00. The molecule has 2 aromatic rings. The van der Waals surface area contributed by atoms with Crippen LogP contribution in [0.3, 0.4) is 0 Å². The topological polar surface area (TPSA) is 0 Å². The summed E-state index contributed by atoms with van der Waals surface area (Å²) in [4.78, 5) is 0. The summed E-state index contributed by atoms with van der Waals surface area (Å²) in [5.74, 6) is 0. The van der Waals surface area contributed by atoms with Gasteiger partial charge in [-0.05, 0) is 17.5 Å². The van der Waals surface area contributed by atoms with Gasteiger partial charge in [0.05, 0.1) is 0 Å². The van der Waals surface area contributed by atoms with Crippen LogP contribution in [0.4, 0.5) is 0 Å². The number of benzene rings is 2. The molecule has 0 unspecified atom stereocenters. The third kappa shape index (κ3) is 5.83. The molecule has 0 aliphatic carbocycles. The van der Waals surface area contributed by atoms with Crippen molar-refractivity contribution in [3.63, 3.8) is 0 Å². The molecule has 0 fully saturated rings. The molecule has 0 amide bonds. The number of rotatable bonds is 2. The van der Waals surface area contributed by atoms with Gasteiger partial charge in [0.15, 0.2) is 0 Å². The first-order valence-corrected chi connectivity index (χ1v) is 4.53. The van der Waals surface area contributed by atoms with E-state index in [0.717, 1.165) is 6.42 Å². The quantitative estimate of drug-likeness (QED) is 0.466. The van der Waals surface area contributed by atoms with E-state index in [0.29, 0.717) is 0 Å². The van der Waals surface area contributed by atoms with Crippen molar-refractivity contribution in [2.45, 2.75) is 6.42 Å². The molecule has 2 aromatic carbocycles. The summed E-state index contributed by atoms with van der Waals surface area (Å²) in [5, 5.41) is 0. The summed E-state index contributed by atoms with van der Waals surface area (Å²) in [7, 11) is 0. The Kier molecular flexibility index (Phi) is 11.5. The molecule has 0 saturated heterocycles. The van der Waals surface area contributed by atoms with Gasteiger partial charge >= 0.3 is 25.8 Å². The first kappa shape index (κ1) is 18.3. The Balaban J connectivity index is 0. The van der Waals surface area contributed by atoms with Crippen molar-refractivity contribution in [3.05, 3.63) is 71.8 Å². The Bertz CT molecular complexity index is 325. The van der Waals surface area contributed by atoms with E-state index < -0.39 is 0 Å². The van der Waals surface area contributed by atoms with Crippen LogP contribution in [-0.2, 0) is 32.3 Å². The largest absolute Gasteiger partial charge is 2.00 e. The smallest absolute Gasteiger partial charge is 1.00 e. The van der Waals surface area contributed by atoms with Crippen molar-refractivity contribution in [1.29, 1.82) is 0 Å². The molecule has 16 heavy (non-hydrogen) atoms. The van der Waals surface area contributed by atoms with E-state index in [2.05, 4.69) is 60.7 Å². The van der Waals surface area contributed by atoms with Gasteiger partial charge in [-0.2, -0.15) is 0 Å². The van der Waals surface area contributed by atoms with E-state index in [1.165, 1.54) is 11.1 Å². The minimum atomic E-state index is 0. The van der Waals surface area contributed by atoms with E-state index >= 15 is 0 Å². The van der Waals surface area contributed by atoms with Crippen LogP contribution in [0.2, 0.25) is 0 Å². The first-order chi connectivity index (χ1) is 6.45. The molecular weight excluding hydrogens is 406 g/mol. The third-order valence-electron chi connectivity index (χ3n) is 2.09. The van der Waals surface area contributed by atoms with Crippen molar-refractivity contribution in [2.24, 2.45) is 0 Å². The maximum atomic E-state index is 2.16. The fraction of sp³-hybridized carbons (Fsp3) is 0.0769. The van der Waals surface area contributed by atoms with E-state index in [4.69, 9.17) is 0 Å².